The maximum Gasteiger partial charge on any atom is 0.357 e. The van der Waals surface area contributed by atoms with Crippen LogP contribution < -0.4 is 0 Å². The standard InChI is InChI=1S/C11H17NO2S/c1-4-14-11(13)9-7-15-10(12-9)6-5-8(2)3/h7-8H,4-6H2,1-3H3. The van der Waals surface area contributed by atoms with Crippen molar-refractivity contribution >= 4 is 17.3 Å². The number of hydrogen-bond acceptors (Lipinski definition) is 4. The summed E-state index contributed by atoms with van der Waals surface area (Å²) < 4.78 is 4.87. The third-order valence-corrected chi connectivity index (χ3v) is 2.88. The Morgan fingerprint density at radius 1 is 1.60 bits per heavy atom. The molecule has 0 aromatic carbocycles. The lowest BCUT2D eigenvalue weighted by molar-refractivity contribution is 0.0520. The fourth-order valence-corrected chi connectivity index (χ4v) is 1.92. The molecule has 15 heavy (non-hydrogen) atoms. The minimum Gasteiger partial charge on any atom is -0.461 e. The number of aromatic nitrogens is 1. The third kappa shape index (κ3) is 4.00. The van der Waals surface area contributed by atoms with Crippen LogP contribution in [0.2, 0.25) is 0 Å². The Hall–Kier alpha value is -0.900. The van der Waals surface area contributed by atoms with Gasteiger partial charge in [0.25, 0.3) is 0 Å². The highest BCUT2D eigenvalue weighted by Gasteiger charge is 2.11. The van der Waals surface area contributed by atoms with E-state index < -0.39 is 0 Å². The van der Waals surface area contributed by atoms with Gasteiger partial charge < -0.3 is 4.74 Å². The molecule has 0 amide bonds. The Morgan fingerprint density at radius 3 is 2.93 bits per heavy atom. The van der Waals surface area contributed by atoms with Gasteiger partial charge in [0.2, 0.25) is 0 Å². The lowest BCUT2D eigenvalue weighted by Crippen LogP contribution is -2.05. The Balaban J connectivity index is 2.52. The summed E-state index contributed by atoms with van der Waals surface area (Å²) in [4.78, 5) is 15.6. The van der Waals surface area contributed by atoms with E-state index >= 15 is 0 Å². The molecule has 0 saturated carbocycles. The summed E-state index contributed by atoms with van der Waals surface area (Å²) in [6.45, 7) is 6.56. The first-order valence-electron chi connectivity index (χ1n) is 5.25. The lowest BCUT2D eigenvalue weighted by atomic mass is 10.1. The highest BCUT2D eigenvalue weighted by molar-refractivity contribution is 7.09. The predicted molar refractivity (Wildman–Crippen MR) is 61.2 cm³/mol. The first-order valence-corrected chi connectivity index (χ1v) is 6.13. The van der Waals surface area contributed by atoms with Crippen LogP contribution in [0.5, 0.6) is 0 Å². The number of carbonyl (C=O) groups excluding carboxylic acids is 1. The number of aryl methyl sites for hydroxylation is 1. The lowest BCUT2D eigenvalue weighted by Gasteiger charge is -2.00. The molecular formula is C11H17NO2S. The Bertz CT molecular complexity index is 320. The van der Waals surface area contributed by atoms with Gasteiger partial charge >= 0.3 is 5.97 Å². The zero-order valence-corrected chi connectivity index (χ0v) is 10.3. The van der Waals surface area contributed by atoms with Gasteiger partial charge in [-0.3, -0.25) is 0 Å². The maximum atomic E-state index is 11.3. The molecule has 0 saturated heterocycles. The first kappa shape index (κ1) is 12.2. The van der Waals surface area contributed by atoms with E-state index in [1.165, 1.54) is 11.3 Å². The van der Waals surface area contributed by atoms with Crippen LogP contribution in [0, 0.1) is 5.92 Å². The van der Waals surface area contributed by atoms with Crippen LogP contribution >= 0.6 is 11.3 Å². The molecule has 0 radical (unpaired) electrons. The molecular weight excluding hydrogens is 210 g/mol. The van der Waals surface area contributed by atoms with Crippen molar-refractivity contribution in [2.24, 2.45) is 5.92 Å². The van der Waals surface area contributed by atoms with Gasteiger partial charge in [-0.25, -0.2) is 9.78 Å². The molecule has 1 heterocycles. The van der Waals surface area contributed by atoms with Crippen molar-refractivity contribution < 1.29 is 9.53 Å². The van der Waals surface area contributed by atoms with Crippen molar-refractivity contribution in [2.75, 3.05) is 6.61 Å². The highest BCUT2D eigenvalue weighted by atomic mass is 32.1. The van der Waals surface area contributed by atoms with Gasteiger partial charge in [-0.15, -0.1) is 11.3 Å². The summed E-state index contributed by atoms with van der Waals surface area (Å²) in [7, 11) is 0. The van der Waals surface area contributed by atoms with Crippen LogP contribution in [0.25, 0.3) is 0 Å². The molecule has 0 fully saturated rings. The van der Waals surface area contributed by atoms with E-state index in [9.17, 15) is 4.79 Å². The summed E-state index contributed by atoms with van der Waals surface area (Å²) in [5.74, 6) is 0.351. The number of thiazole rings is 1. The van der Waals surface area contributed by atoms with E-state index in [1.807, 2.05) is 0 Å². The van der Waals surface area contributed by atoms with Crippen molar-refractivity contribution in [1.82, 2.24) is 4.98 Å². The second-order valence-electron chi connectivity index (χ2n) is 3.78. The maximum absolute atomic E-state index is 11.3. The number of nitrogens with zero attached hydrogens (tertiary/aromatic N) is 1. The minimum absolute atomic E-state index is 0.315. The van der Waals surface area contributed by atoms with Crippen LogP contribution in [0.4, 0.5) is 0 Å². The zero-order chi connectivity index (χ0) is 11.3. The van der Waals surface area contributed by atoms with Crippen molar-refractivity contribution in [3.05, 3.63) is 16.1 Å². The molecule has 0 atom stereocenters. The van der Waals surface area contributed by atoms with Gasteiger partial charge in [-0.1, -0.05) is 13.8 Å². The number of carbonyl (C=O) groups is 1. The monoisotopic (exact) mass is 227 g/mol. The number of ether oxygens (including phenoxy) is 1. The Morgan fingerprint density at radius 2 is 2.33 bits per heavy atom. The summed E-state index contributed by atoms with van der Waals surface area (Å²) >= 11 is 1.53. The second-order valence-corrected chi connectivity index (χ2v) is 4.72. The fourth-order valence-electron chi connectivity index (χ4n) is 1.14. The molecule has 3 nitrogen and oxygen atoms in total. The smallest absolute Gasteiger partial charge is 0.357 e. The minimum atomic E-state index is -0.315. The van der Waals surface area contributed by atoms with Crippen molar-refractivity contribution in [1.29, 1.82) is 0 Å². The second kappa shape index (κ2) is 5.85. The molecule has 0 spiro atoms. The van der Waals surface area contributed by atoms with E-state index in [0.29, 0.717) is 18.2 Å². The molecule has 1 aromatic heterocycles. The van der Waals surface area contributed by atoms with Gasteiger partial charge in [-0.2, -0.15) is 0 Å². The van der Waals surface area contributed by atoms with E-state index in [0.717, 1.165) is 17.8 Å². The average Bonchev–Trinajstić information content (AvgIpc) is 2.63. The largest absolute Gasteiger partial charge is 0.461 e. The number of rotatable bonds is 5. The SMILES string of the molecule is CCOC(=O)c1csc(CCC(C)C)n1. The van der Waals surface area contributed by atoms with Crippen molar-refractivity contribution in [2.45, 2.75) is 33.6 Å². The van der Waals surface area contributed by atoms with E-state index in [-0.39, 0.29) is 5.97 Å². The molecule has 4 heteroatoms. The van der Waals surface area contributed by atoms with Crippen LogP contribution in [-0.2, 0) is 11.2 Å². The summed E-state index contributed by atoms with van der Waals surface area (Å²) in [5, 5.41) is 2.79. The summed E-state index contributed by atoms with van der Waals surface area (Å²) in [6.07, 6.45) is 2.05. The quantitative estimate of drug-likeness (QED) is 0.726. The van der Waals surface area contributed by atoms with E-state index in [2.05, 4.69) is 18.8 Å². The Labute approximate surface area is 94.5 Å². The van der Waals surface area contributed by atoms with Gasteiger partial charge in [0.1, 0.15) is 0 Å². The van der Waals surface area contributed by atoms with Crippen LogP contribution in [0.1, 0.15) is 42.7 Å². The normalized spacial score (nSPS) is 10.7. The molecule has 1 aromatic rings. The van der Waals surface area contributed by atoms with Gasteiger partial charge in [0, 0.05) is 5.38 Å². The Kier molecular flexibility index (Phi) is 4.75. The van der Waals surface area contributed by atoms with Crippen LogP contribution in [0.15, 0.2) is 5.38 Å². The topological polar surface area (TPSA) is 39.2 Å². The van der Waals surface area contributed by atoms with Crippen LogP contribution in [-0.4, -0.2) is 17.6 Å². The molecule has 84 valence electrons. The molecule has 1 rings (SSSR count). The molecule has 0 unspecified atom stereocenters. The third-order valence-electron chi connectivity index (χ3n) is 1.97. The van der Waals surface area contributed by atoms with Gasteiger partial charge in [0.05, 0.1) is 11.6 Å². The van der Waals surface area contributed by atoms with Crippen molar-refractivity contribution in [3.8, 4) is 0 Å². The van der Waals surface area contributed by atoms with E-state index in [4.69, 9.17) is 4.74 Å². The number of esters is 1. The van der Waals surface area contributed by atoms with Gasteiger partial charge in [0.15, 0.2) is 5.69 Å². The van der Waals surface area contributed by atoms with Crippen molar-refractivity contribution in [3.63, 3.8) is 0 Å². The fraction of sp³-hybridized carbons (Fsp3) is 0.636. The number of hydrogen-bond donors (Lipinski definition) is 0. The molecule has 0 aliphatic rings. The van der Waals surface area contributed by atoms with Crippen LogP contribution in [0.3, 0.4) is 0 Å². The first-order chi connectivity index (χ1) is 7.13. The zero-order valence-electron chi connectivity index (χ0n) is 9.45. The molecule has 0 aliphatic carbocycles. The molecule has 0 aliphatic heterocycles. The highest BCUT2D eigenvalue weighted by Crippen LogP contribution is 2.15. The summed E-state index contributed by atoms with van der Waals surface area (Å²) in [5.41, 5.74) is 0.445. The van der Waals surface area contributed by atoms with E-state index in [1.54, 1.807) is 12.3 Å². The average molecular weight is 227 g/mol. The predicted octanol–water partition coefficient (Wildman–Crippen LogP) is 2.91. The molecule has 0 bridgehead atoms. The summed E-state index contributed by atoms with van der Waals surface area (Å²) in [6, 6.07) is 0. The van der Waals surface area contributed by atoms with Gasteiger partial charge in [-0.05, 0) is 25.7 Å². The molecule has 0 N–H and O–H groups in total.